The van der Waals surface area contributed by atoms with Crippen LogP contribution in [0.15, 0.2) is 65.9 Å². The first-order valence-corrected chi connectivity index (χ1v) is 7.43. The Morgan fingerprint density at radius 1 is 0.960 bits per heavy atom. The van der Waals surface area contributed by atoms with Crippen LogP contribution in [0.1, 0.15) is 11.3 Å². The topological polar surface area (TPSA) is 91.5 Å². The summed E-state index contributed by atoms with van der Waals surface area (Å²) < 4.78 is 9.64. The molecule has 6 heteroatoms. The zero-order valence-electron chi connectivity index (χ0n) is 13.9. The summed E-state index contributed by atoms with van der Waals surface area (Å²) in [7, 11) is 2.44. The van der Waals surface area contributed by atoms with E-state index >= 15 is 0 Å². The van der Waals surface area contributed by atoms with Crippen LogP contribution in [-0.4, -0.2) is 31.1 Å². The molecule has 25 heavy (non-hydrogen) atoms. The number of ether oxygens (including phenoxy) is 2. The summed E-state index contributed by atoms with van der Waals surface area (Å²) in [6, 6.07) is 14.1. The van der Waals surface area contributed by atoms with Crippen LogP contribution in [-0.2, 0) is 19.1 Å². The van der Waals surface area contributed by atoms with E-state index in [0.717, 1.165) is 0 Å². The lowest BCUT2D eigenvalue weighted by molar-refractivity contribution is -0.139. The SMILES string of the molecule is COC(=O)C(=C(\N)c1ccccn1)/C(=C\c1ccccc1)C(=O)OC. The Balaban J connectivity index is 2.69. The summed E-state index contributed by atoms with van der Waals surface area (Å²) in [5.41, 5.74) is 7.11. The van der Waals surface area contributed by atoms with E-state index in [1.807, 2.05) is 18.2 Å². The molecule has 0 amide bonds. The monoisotopic (exact) mass is 338 g/mol. The molecule has 0 aliphatic rings. The minimum absolute atomic E-state index is 0.0105. The maximum Gasteiger partial charge on any atom is 0.340 e. The smallest absolute Gasteiger partial charge is 0.340 e. The Morgan fingerprint density at radius 3 is 2.16 bits per heavy atom. The van der Waals surface area contributed by atoms with Crippen molar-refractivity contribution in [1.29, 1.82) is 0 Å². The van der Waals surface area contributed by atoms with E-state index in [2.05, 4.69) is 4.98 Å². The molecule has 0 saturated carbocycles. The van der Waals surface area contributed by atoms with Gasteiger partial charge in [-0.2, -0.15) is 0 Å². The van der Waals surface area contributed by atoms with Gasteiger partial charge in [0.25, 0.3) is 0 Å². The van der Waals surface area contributed by atoms with E-state index < -0.39 is 11.9 Å². The number of methoxy groups -OCH3 is 2. The van der Waals surface area contributed by atoms with Crippen molar-refractivity contribution in [1.82, 2.24) is 4.98 Å². The minimum atomic E-state index is -0.754. The van der Waals surface area contributed by atoms with Gasteiger partial charge >= 0.3 is 11.9 Å². The van der Waals surface area contributed by atoms with Gasteiger partial charge in [-0.1, -0.05) is 36.4 Å². The van der Waals surface area contributed by atoms with E-state index in [-0.39, 0.29) is 16.8 Å². The lowest BCUT2D eigenvalue weighted by Crippen LogP contribution is -2.19. The number of pyridine rings is 1. The quantitative estimate of drug-likeness (QED) is 0.510. The third kappa shape index (κ3) is 4.32. The third-order valence-electron chi connectivity index (χ3n) is 3.38. The Kier molecular flexibility index (Phi) is 6.06. The molecule has 2 N–H and O–H groups in total. The molecule has 0 aliphatic heterocycles. The average Bonchev–Trinajstić information content (AvgIpc) is 2.67. The fraction of sp³-hybridized carbons (Fsp3) is 0.105. The number of carbonyl (C=O) groups excluding carboxylic acids is 2. The van der Waals surface area contributed by atoms with Gasteiger partial charge in [-0.25, -0.2) is 9.59 Å². The maximum atomic E-state index is 12.3. The van der Waals surface area contributed by atoms with E-state index in [0.29, 0.717) is 11.3 Å². The molecule has 6 nitrogen and oxygen atoms in total. The first-order chi connectivity index (χ1) is 12.1. The molecule has 2 aromatic rings. The summed E-state index contributed by atoms with van der Waals surface area (Å²) in [6.07, 6.45) is 3.06. The summed E-state index contributed by atoms with van der Waals surface area (Å²) in [5.74, 6) is -1.46. The fourth-order valence-corrected chi connectivity index (χ4v) is 2.18. The van der Waals surface area contributed by atoms with E-state index in [9.17, 15) is 9.59 Å². The molecule has 1 aromatic carbocycles. The summed E-state index contributed by atoms with van der Waals surface area (Å²) >= 11 is 0. The maximum absolute atomic E-state index is 12.3. The molecule has 2 rings (SSSR count). The van der Waals surface area contributed by atoms with Crippen LogP contribution in [0.4, 0.5) is 0 Å². The number of esters is 2. The van der Waals surface area contributed by atoms with E-state index in [1.165, 1.54) is 26.5 Å². The van der Waals surface area contributed by atoms with Gasteiger partial charge in [0.15, 0.2) is 0 Å². The van der Waals surface area contributed by atoms with Crippen molar-refractivity contribution in [3.8, 4) is 0 Å². The highest BCUT2D eigenvalue weighted by molar-refractivity contribution is 6.14. The van der Waals surface area contributed by atoms with Gasteiger partial charge in [-0.3, -0.25) is 4.98 Å². The molecule has 0 fully saturated rings. The van der Waals surface area contributed by atoms with Gasteiger partial charge in [0, 0.05) is 6.20 Å². The van der Waals surface area contributed by atoms with Gasteiger partial charge < -0.3 is 15.2 Å². The zero-order valence-corrected chi connectivity index (χ0v) is 13.9. The number of carbonyl (C=O) groups is 2. The normalized spacial score (nSPS) is 12.2. The zero-order chi connectivity index (χ0) is 18.2. The number of hydrogen-bond acceptors (Lipinski definition) is 6. The van der Waals surface area contributed by atoms with Crippen molar-refractivity contribution >= 4 is 23.7 Å². The third-order valence-corrected chi connectivity index (χ3v) is 3.38. The van der Waals surface area contributed by atoms with Crippen molar-refractivity contribution in [2.24, 2.45) is 5.73 Å². The second kappa shape index (κ2) is 8.44. The van der Waals surface area contributed by atoms with Gasteiger partial charge in [0.2, 0.25) is 0 Å². The van der Waals surface area contributed by atoms with Crippen molar-refractivity contribution in [3.05, 3.63) is 77.1 Å². The number of benzene rings is 1. The molecule has 128 valence electrons. The van der Waals surface area contributed by atoms with Crippen LogP contribution in [0, 0.1) is 0 Å². The van der Waals surface area contributed by atoms with E-state index in [1.54, 1.807) is 30.3 Å². The highest BCUT2D eigenvalue weighted by Crippen LogP contribution is 2.23. The Hall–Kier alpha value is -3.41. The molecular weight excluding hydrogens is 320 g/mol. The van der Waals surface area contributed by atoms with Crippen molar-refractivity contribution in [2.75, 3.05) is 14.2 Å². The second-order valence-corrected chi connectivity index (χ2v) is 4.96. The molecule has 0 bridgehead atoms. The molecular formula is C19H18N2O4. The molecule has 1 aromatic heterocycles. The second-order valence-electron chi connectivity index (χ2n) is 4.96. The summed E-state index contributed by atoms with van der Waals surface area (Å²) in [4.78, 5) is 28.8. The molecule has 0 aliphatic carbocycles. The highest BCUT2D eigenvalue weighted by atomic mass is 16.5. The van der Waals surface area contributed by atoms with Crippen LogP contribution in [0.2, 0.25) is 0 Å². The molecule has 1 heterocycles. The lowest BCUT2D eigenvalue weighted by atomic mass is 9.99. The van der Waals surface area contributed by atoms with Crippen LogP contribution in [0.25, 0.3) is 11.8 Å². The van der Waals surface area contributed by atoms with Gasteiger partial charge in [0.1, 0.15) is 0 Å². The molecule has 0 saturated heterocycles. The first-order valence-electron chi connectivity index (χ1n) is 7.43. The van der Waals surface area contributed by atoms with Crippen LogP contribution >= 0.6 is 0 Å². The van der Waals surface area contributed by atoms with Crippen LogP contribution in [0.3, 0.4) is 0 Å². The van der Waals surface area contributed by atoms with Crippen molar-refractivity contribution in [3.63, 3.8) is 0 Å². The fourth-order valence-electron chi connectivity index (χ4n) is 2.18. The molecule has 0 unspecified atom stereocenters. The van der Waals surface area contributed by atoms with Crippen LogP contribution in [0.5, 0.6) is 0 Å². The molecule has 0 radical (unpaired) electrons. The van der Waals surface area contributed by atoms with E-state index in [4.69, 9.17) is 15.2 Å². The Morgan fingerprint density at radius 2 is 1.60 bits per heavy atom. The predicted octanol–water partition coefficient (Wildman–Crippen LogP) is 2.18. The lowest BCUT2D eigenvalue weighted by Gasteiger charge is -2.12. The first kappa shape index (κ1) is 17.9. The number of aromatic nitrogens is 1. The number of rotatable bonds is 5. The van der Waals surface area contributed by atoms with Crippen molar-refractivity contribution in [2.45, 2.75) is 0 Å². The predicted molar refractivity (Wildman–Crippen MR) is 93.8 cm³/mol. The molecule has 0 atom stereocenters. The molecule has 0 spiro atoms. The number of hydrogen-bond donors (Lipinski definition) is 1. The number of nitrogens with zero attached hydrogens (tertiary/aromatic N) is 1. The highest BCUT2D eigenvalue weighted by Gasteiger charge is 2.26. The van der Waals surface area contributed by atoms with Crippen molar-refractivity contribution < 1.29 is 19.1 Å². The van der Waals surface area contributed by atoms with Crippen LogP contribution < -0.4 is 5.73 Å². The Labute approximate surface area is 145 Å². The average molecular weight is 338 g/mol. The van der Waals surface area contributed by atoms with Gasteiger partial charge in [-0.15, -0.1) is 0 Å². The standard InChI is InChI=1S/C19H18N2O4/c1-24-18(22)14(12-13-8-4-3-5-9-13)16(19(23)25-2)17(20)15-10-6-7-11-21-15/h3-12H,20H2,1-2H3/b14-12+,17-16-. The summed E-state index contributed by atoms with van der Waals surface area (Å²) in [5, 5.41) is 0. The van der Waals surface area contributed by atoms with Gasteiger partial charge in [0.05, 0.1) is 36.8 Å². The van der Waals surface area contributed by atoms with Gasteiger partial charge in [-0.05, 0) is 23.8 Å². The minimum Gasteiger partial charge on any atom is -0.465 e. The summed E-state index contributed by atoms with van der Waals surface area (Å²) in [6.45, 7) is 0. The Bertz CT molecular complexity index is 812. The largest absolute Gasteiger partial charge is 0.465 e. The number of nitrogens with two attached hydrogens (primary N) is 1.